The Kier molecular flexibility index (Phi) is 4.48. The molecule has 1 aromatic carbocycles. The fraction of sp³-hybridized carbons (Fsp3) is 0.375. The number of nitrogens with one attached hydrogen (secondary N) is 1. The van der Waals surface area contributed by atoms with Crippen LogP contribution < -0.4 is 0 Å². The van der Waals surface area contributed by atoms with Crippen molar-refractivity contribution >= 4 is 5.91 Å². The highest BCUT2D eigenvalue weighted by Gasteiger charge is 2.29. The maximum Gasteiger partial charge on any atom is 0.223 e. The number of aryl methyl sites for hydroxylation is 1. The van der Waals surface area contributed by atoms with Crippen molar-refractivity contribution in [1.29, 1.82) is 0 Å². The number of morpholine rings is 1. The molecule has 1 N–H and O–H groups in total. The van der Waals surface area contributed by atoms with E-state index in [0.29, 0.717) is 32.6 Å². The van der Waals surface area contributed by atoms with Gasteiger partial charge in [-0.05, 0) is 30.2 Å². The van der Waals surface area contributed by atoms with E-state index in [9.17, 15) is 9.18 Å². The first-order chi connectivity index (χ1) is 10.7. The van der Waals surface area contributed by atoms with Gasteiger partial charge in [0.25, 0.3) is 0 Å². The monoisotopic (exact) mass is 303 g/mol. The van der Waals surface area contributed by atoms with E-state index in [1.165, 1.54) is 12.1 Å². The molecule has 1 saturated heterocycles. The number of carbonyl (C=O) groups excluding carboxylic acids is 1. The highest BCUT2D eigenvalue weighted by atomic mass is 19.1. The highest BCUT2D eigenvalue weighted by molar-refractivity contribution is 5.77. The Morgan fingerprint density at radius 3 is 2.91 bits per heavy atom. The van der Waals surface area contributed by atoms with Gasteiger partial charge in [-0.2, -0.15) is 5.10 Å². The number of halogens is 1. The fourth-order valence-electron chi connectivity index (χ4n) is 2.66. The van der Waals surface area contributed by atoms with Crippen LogP contribution in [0.3, 0.4) is 0 Å². The van der Waals surface area contributed by atoms with Gasteiger partial charge in [0, 0.05) is 19.2 Å². The van der Waals surface area contributed by atoms with E-state index in [1.54, 1.807) is 18.3 Å². The number of benzene rings is 1. The van der Waals surface area contributed by atoms with Gasteiger partial charge >= 0.3 is 0 Å². The Balaban J connectivity index is 1.63. The molecule has 0 saturated carbocycles. The van der Waals surface area contributed by atoms with Crippen LogP contribution >= 0.6 is 0 Å². The number of rotatable bonds is 4. The SMILES string of the molecule is O=C(CCc1ccc(F)cc1)N1CCOC[C@@H]1c1ccn[nH]1. The molecule has 0 aliphatic carbocycles. The van der Waals surface area contributed by atoms with E-state index in [-0.39, 0.29) is 17.8 Å². The number of ether oxygens (including phenoxy) is 1. The Bertz CT molecular complexity index is 613. The van der Waals surface area contributed by atoms with Crippen LogP contribution in [-0.4, -0.2) is 40.8 Å². The van der Waals surface area contributed by atoms with E-state index in [2.05, 4.69) is 10.2 Å². The maximum absolute atomic E-state index is 12.9. The van der Waals surface area contributed by atoms with E-state index in [1.807, 2.05) is 11.0 Å². The van der Waals surface area contributed by atoms with Gasteiger partial charge in [-0.3, -0.25) is 9.89 Å². The average Bonchev–Trinajstić information content (AvgIpc) is 3.08. The molecule has 0 bridgehead atoms. The third-order valence-electron chi connectivity index (χ3n) is 3.87. The molecule has 0 spiro atoms. The molecule has 1 fully saturated rings. The van der Waals surface area contributed by atoms with Crippen LogP contribution in [0.5, 0.6) is 0 Å². The maximum atomic E-state index is 12.9. The van der Waals surface area contributed by atoms with Crippen LogP contribution in [0, 0.1) is 5.82 Å². The van der Waals surface area contributed by atoms with Crippen molar-refractivity contribution in [2.24, 2.45) is 0 Å². The number of aromatic amines is 1. The van der Waals surface area contributed by atoms with Crippen molar-refractivity contribution in [3.63, 3.8) is 0 Å². The van der Waals surface area contributed by atoms with Gasteiger partial charge in [-0.15, -0.1) is 0 Å². The first-order valence-electron chi connectivity index (χ1n) is 7.35. The van der Waals surface area contributed by atoms with Gasteiger partial charge < -0.3 is 9.64 Å². The molecule has 0 unspecified atom stereocenters. The van der Waals surface area contributed by atoms with Crippen LogP contribution in [0.25, 0.3) is 0 Å². The molecule has 1 atom stereocenters. The Labute approximate surface area is 128 Å². The molecule has 1 aliphatic heterocycles. The second-order valence-corrected chi connectivity index (χ2v) is 5.32. The van der Waals surface area contributed by atoms with Gasteiger partial charge in [0.15, 0.2) is 0 Å². The standard InChI is InChI=1S/C16H18FN3O2/c17-13-4-1-12(2-5-13)3-6-16(21)20-9-10-22-11-15(20)14-7-8-18-19-14/h1-2,4-5,7-8,15H,3,6,9-11H2,(H,18,19)/t15-/m1/s1. The molecule has 116 valence electrons. The van der Waals surface area contributed by atoms with Gasteiger partial charge in [-0.25, -0.2) is 4.39 Å². The molecule has 2 heterocycles. The summed E-state index contributed by atoms with van der Waals surface area (Å²) in [5, 5.41) is 6.85. The Morgan fingerprint density at radius 1 is 1.36 bits per heavy atom. The molecule has 3 rings (SSSR count). The molecule has 2 aromatic rings. The average molecular weight is 303 g/mol. The van der Waals surface area contributed by atoms with Crippen molar-refractivity contribution in [2.45, 2.75) is 18.9 Å². The van der Waals surface area contributed by atoms with Gasteiger partial charge in [-0.1, -0.05) is 12.1 Å². The van der Waals surface area contributed by atoms with E-state index >= 15 is 0 Å². The number of carbonyl (C=O) groups is 1. The van der Waals surface area contributed by atoms with Crippen LogP contribution in [-0.2, 0) is 16.0 Å². The molecule has 0 radical (unpaired) electrons. The molecule has 1 aliphatic rings. The summed E-state index contributed by atoms with van der Waals surface area (Å²) in [5.41, 5.74) is 1.84. The summed E-state index contributed by atoms with van der Waals surface area (Å²) in [6.45, 7) is 1.60. The van der Waals surface area contributed by atoms with Gasteiger partial charge in [0.2, 0.25) is 5.91 Å². The van der Waals surface area contributed by atoms with E-state index < -0.39 is 0 Å². The van der Waals surface area contributed by atoms with Crippen molar-refractivity contribution in [3.05, 3.63) is 53.6 Å². The summed E-state index contributed by atoms with van der Waals surface area (Å²) in [7, 11) is 0. The van der Waals surface area contributed by atoms with E-state index in [0.717, 1.165) is 11.3 Å². The third-order valence-corrected chi connectivity index (χ3v) is 3.87. The van der Waals surface area contributed by atoms with E-state index in [4.69, 9.17) is 4.74 Å². The number of hydrogen-bond donors (Lipinski definition) is 1. The third kappa shape index (κ3) is 3.33. The normalized spacial score (nSPS) is 18.4. The first-order valence-corrected chi connectivity index (χ1v) is 7.35. The zero-order valence-corrected chi connectivity index (χ0v) is 12.2. The lowest BCUT2D eigenvalue weighted by Crippen LogP contribution is -2.43. The largest absolute Gasteiger partial charge is 0.377 e. The topological polar surface area (TPSA) is 58.2 Å². The molecule has 1 aromatic heterocycles. The minimum absolute atomic E-state index is 0.0761. The molecule has 22 heavy (non-hydrogen) atoms. The fourth-order valence-corrected chi connectivity index (χ4v) is 2.66. The second kappa shape index (κ2) is 6.70. The highest BCUT2D eigenvalue weighted by Crippen LogP contribution is 2.23. The molecule has 1 amide bonds. The predicted octanol–water partition coefficient (Wildman–Crippen LogP) is 2.08. The first kappa shape index (κ1) is 14.7. The van der Waals surface area contributed by atoms with Crippen molar-refractivity contribution in [1.82, 2.24) is 15.1 Å². The predicted molar refractivity (Wildman–Crippen MR) is 78.6 cm³/mol. The summed E-state index contributed by atoms with van der Waals surface area (Å²) in [6.07, 6.45) is 2.67. The lowest BCUT2D eigenvalue weighted by Gasteiger charge is -2.35. The van der Waals surface area contributed by atoms with Crippen LogP contribution in [0.15, 0.2) is 36.5 Å². The number of amides is 1. The van der Waals surface area contributed by atoms with Gasteiger partial charge in [0.1, 0.15) is 5.82 Å². The lowest BCUT2D eigenvalue weighted by molar-refractivity contribution is -0.140. The van der Waals surface area contributed by atoms with Gasteiger partial charge in [0.05, 0.1) is 24.9 Å². The molecule has 6 heteroatoms. The Hall–Kier alpha value is -2.21. The minimum atomic E-state index is -0.262. The van der Waals surface area contributed by atoms with Crippen LogP contribution in [0.1, 0.15) is 23.7 Å². The zero-order chi connectivity index (χ0) is 15.4. The molecule has 5 nitrogen and oxygen atoms in total. The lowest BCUT2D eigenvalue weighted by atomic mass is 10.1. The quantitative estimate of drug-likeness (QED) is 0.941. The van der Waals surface area contributed by atoms with Crippen molar-refractivity contribution in [3.8, 4) is 0 Å². The smallest absolute Gasteiger partial charge is 0.223 e. The number of aromatic nitrogens is 2. The van der Waals surface area contributed by atoms with Crippen molar-refractivity contribution in [2.75, 3.05) is 19.8 Å². The Morgan fingerprint density at radius 2 is 2.18 bits per heavy atom. The summed E-state index contributed by atoms with van der Waals surface area (Å²) >= 11 is 0. The zero-order valence-electron chi connectivity index (χ0n) is 12.2. The molecular formula is C16H18FN3O2. The van der Waals surface area contributed by atoms with Crippen molar-refractivity contribution < 1.29 is 13.9 Å². The van der Waals surface area contributed by atoms with Crippen LogP contribution in [0.4, 0.5) is 4.39 Å². The number of H-pyrrole nitrogens is 1. The number of nitrogens with zero attached hydrogens (tertiary/aromatic N) is 2. The summed E-state index contributed by atoms with van der Waals surface area (Å²) in [5.74, 6) is -0.185. The molecular weight excluding hydrogens is 285 g/mol. The minimum Gasteiger partial charge on any atom is -0.377 e. The summed E-state index contributed by atoms with van der Waals surface area (Å²) < 4.78 is 18.4. The van der Waals surface area contributed by atoms with Crippen LogP contribution in [0.2, 0.25) is 0 Å². The second-order valence-electron chi connectivity index (χ2n) is 5.32. The number of hydrogen-bond acceptors (Lipinski definition) is 3. The summed E-state index contributed by atoms with van der Waals surface area (Å²) in [6, 6.07) is 8.02. The summed E-state index contributed by atoms with van der Waals surface area (Å²) in [4.78, 5) is 14.3.